The van der Waals surface area contributed by atoms with E-state index >= 15 is 0 Å². The minimum Gasteiger partial charge on any atom is -0.544 e. The lowest BCUT2D eigenvalue weighted by Gasteiger charge is -2.23. The number of hydrogen-bond acceptors (Lipinski definition) is 6. The van der Waals surface area contributed by atoms with Crippen LogP contribution in [0.1, 0.15) is 0 Å². The summed E-state index contributed by atoms with van der Waals surface area (Å²) in [6.07, 6.45) is 6.24. The average Bonchev–Trinajstić information content (AvgIpc) is 2.24. The number of carboxylic acids is 1. The summed E-state index contributed by atoms with van der Waals surface area (Å²) in [6.45, 7) is 0.902. The molecule has 1 aliphatic heterocycles. The number of carbonyl (C=O) groups excluding carboxylic acids is 1. The lowest BCUT2D eigenvalue weighted by molar-refractivity contribution is -0.864. The second-order valence-corrected chi connectivity index (χ2v) is 7.44. The van der Waals surface area contributed by atoms with E-state index in [2.05, 4.69) is 0 Å². The fourth-order valence-electron chi connectivity index (χ4n) is 1.60. The number of aliphatic hydroxyl groups excluding tert-OH is 1. The first-order valence-electron chi connectivity index (χ1n) is 6.60. The number of β-amino-alcohol motifs (C(OH)–C–C–N with tert-alkyl or cyclic N) is 1. The van der Waals surface area contributed by atoms with Crippen LogP contribution in [-0.4, -0.2) is 86.1 Å². The van der Waals surface area contributed by atoms with Crippen LogP contribution in [0.15, 0.2) is 24.4 Å². The van der Waals surface area contributed by atoms with Crippen LogP contribution in [0.5, 0.6) is 0 Å². The molecule has 22 heavy (non-hydrogen) atoms. The number of hydrogen-bond donors (Lipinski definition) is 2. The van der Waals surface area contributed by atoms with Crippen molar-refractivity contribution in [3.8, 4) is 0 Å². The van der Waals surface area contributed by atoms with Gasteiger partial charge in [0, 0.05) is 13.1 Å². The lowest BCUT2D eigenvalue weighted by Crippen LogP contribution is -2.45. The van der Waals surface area contributed by atoms with E-state index in [4.69, 9.17) is 4.55 Å². The predicted molar refractivity (Wildman–Crippen MR) is 80.2 cm³/mol. The summed E-state index contributed by atoms with van der Waals surface area (Å²) in [5.74, 6) is -1.63. The summed E-state index contributed by atoms with van der Waals surface area (Å²) in [5, 5.41) is 19.2. The van der Waals surface area contributed by atoms with Gasteiger partial charge in [0.1, 0.15) is 12.3 Å². The van der Waals surface area contributed by atoms with E-state index in [-0.39, 0.29) is 13.1 Å². The molecule has 0 radical (unpaired) electrons. The van der Waals surface area contributed by atoms with Crippen LogP contribution in [0.3, 0.4) is 0 Å². The molecule has 0 saturated carbocycles. The van der Waals surface area contributed by atoms with Crippen LogP contribution in [0.25, 0.3) is 0 Å². The quantitative estimate of drug-likeness (QED) is 0.428. The van der Waals surface area contributed by atoms with Crippen LogP contribution in [-0.2, 0) is 14.9 Å². The van der Waals surface area contributed by atoms with Crippen molar-refractivity contribution in [3.05, 3.63) is 24.4 Å². The third kappa shape index (κ3) is 13.6. The molecule has 1 rings (SSSR count). The molecular formula is C13H24N2O6S. The molecule has 0 amide bonds. The van der Waals surface area contributed by atoms with Gasteiger partial charge in [0.25, 0.3) is 10.1 Å². The van der Waals surface area contributed by atoms with Gasteiger partial charge in [0.05, 0.1) is 33.2 Å². The van der Waals surface area contributed by atoms with Crippen molar-refractivity contribution in [1.82, 2.24) is 4.90 Å². The predicted octanol–water partition coefficient (Wildman–Crippen LogP) is -1.94. The van der Waals surface area contributed by atoms with Gasteiger partial charge in [0.15, 0.2) is 0 Å². The van der Waals surface area contributed by atoms with Gasteiger partial charge >= 0.3 is 0 Å². The Morgan fingerprint density at radius 2 is 1.95 bits per heavy atom. The number of carboxylic acid groups (broad SMARTS) is 1. The number of rotatable bonds is 6. The highest BCUT2D eigenvalue weighted by Crippen LogP contribution is 2.01. The maximum atomic E-state index is 10.4. The number of aliphatic hydroxyl groups is 1. The number of quaternary nitrogens is 1. The fourth-order valence-corrected chi connectivity index (χ4v) is 2.19. The highest BCUT2D eigenvalue weighted by atomic mass is 32.2. The SMILES string of the molecule is C[N+](C)(C)CC(=O)[O-].O=S(=O)(O)CC(O)CN1C=CC=CC1. The van der Waals surface area contributed by atoms with Crippen molar-refractivity contribution in [2.24, 2.45) is 0 Å². The number of likely N-dealkylation sites (N-methyl/N-ethyl adjacent to an activating group) is 1. The van der Waals surface area contributed by atoms with Crippen LogP contribution in [0.4, 0.5) is 0 Å². The molecule has 0 aromatic rings. The zero-order valence-electron chi connectivity index (χ0n) is 13.0. The van der Waals surface area contributed by atoms with Gasteiger partial charge in [-0.15, -0.1) is 0 Å². The van der Waals surface area contributed by atoms with Crippen molar-refractivity contribution < 1.29 is 32.5 Å². The molecule has 0 aromatic carbocycles. The van der Waals surface area contributed by atoms with Crippen molar-refractivity contribution in [2.45, 2.75) is 6.10 Å². The topological polar surface area (TPSA) is 118 Å². The maximum Gasteiger partial charge on any atom is 0.267 e. The van der Waals surface area contributed by atoms with E-state index in [1.165, 1.54) is 0 Å². The Labute approximate surface area is 131 Å². The van der Waals surface area contributed by atoms with Gasteiger partial charge in [-0.1, -0.05) is 12.2 Å². The molecule has 1 heterocycles. The first kappa shape index (κ1) is 20.6. The van der Waals surface area contributed by atoms with Gasteiger partial charge < -0.3 is 24.4 Å². The number of nitrogens with zero attached hydrogens (tertiary/aromatic N) is 2. The van der Waals surface area contributed by atoms with Gasteiger partial charge in [-0.3, -0.25) is 4.55 Å². The molecule has 128 valence electrons. The molecule has 1 atom stereocenters. The molecule has 9 heteroatoms. The van der Waals surface area contributed by atoms with E-state index < -0.39 is 27.9 Å². The van der Waals surface area contributed by atoms with Gasteiger partial charge in [-0.05, 0) is 12.3 Å². The number of aliphatic carboxylic acids is 1. The Kier molecular flexibility index (Phi) is 8.31. The third-order valence-corrected chi connectivity index (χ3v) is 3.14. The fraction of sp³-hybridized carbons (Fsp3) is 0.615. The van der Waals surface area contributed by atoms with Crippen LogP contribution in [0.2, 0.25) is 0 Å². The molecule has 8 nitrogen and oxygen atoms in total. The highest BCUT2D eigenvalue weighted by Gasteiger charge is 2.16. The van der Waals surface area contributed by atoms with Crippen molar-refractivity contribution >= 4 is 16.1 Å². The normalized spacial score (nSPS) is 16.0. The zero-order valence-corrected chi connectivity index (χ0v) is 13.9. The summed E-state index contributed by atoms with van der Waals surface area (Å²) in [6, 6.07) is 0. The number of carbonyl (C=O) groups is 1. The molecular weight excluding hydrogens is 312 g/mol. The Morgan fingerprint density at radius 3 is 2.27 bits per heavy atom. The highest BCUT2D eigenvalue weighted by molar-refractivity contribution is 7.85. The van der Waals surface area contributed by atoms with E-state index in [0.29, 0.717) is 11.0 Å². The molecule has 0 fully saturated rings. The van der Waals surface area contributed by atoms with Crippen LogP contribution >= 0.6 is 0 Å². The maximum absolute atomic E-state index is 10.4. The van der Waals surface area contributed by atoms with E-state index in [9.17, 15) is 23.4 Å². The Balaban J connectivity index is 0.000000472. The standard InChI is InChI=1S/C8H13NO4S.C5H11NO2/c10-8(7-14(11,12)13)6-9-4-2-1-3-5-9;1-6(2,3)4-5(7)8/h1-4,8,10H,5-7H2,(H,11,12,13);4H2,1-3H3. The van der Waals surface area contributed by atoms with Crippen LogP contribution in [0, 0.1) is 0 Å². The summed E-state index contributed by atoms with van der Waals surface area (Å²) in [4.78, 5) is 11.6. The molecule has 0 aromatic heterocycles. The van der Waals surface area contributed by atoms with E-state index in [0.717, 1.165) is 0 Å². The first-order valence-corrected chi connectivity index (χ1v) is 8.21. The van der Waals surface area contributed by atoms with Gasteiger partial charge in [-0.2, -0.15) is 8.42 Å². The molecule has 0 bridgehead atoms. The Hall–Kier alpha value is -1.42. The van der Waals surface area contributed by atoms with Crippen molar-refractivity contribution in [3.63, 3.8) is 0 Å². The van der Waals surface area contributed by atoms with Crippen molar-refractivity contribution in [2.75, 3.05) is 46.5 Å². The second-order valence-electron chi connectivity index (χ2n) is 5.95. The largest absolute Gasteiger partial charge is 0.544 e. The van der Waals surface area contributed by atoms with E-state index in [1.807, 2.05) is 12.2 Å². The van der Waals surface area contributed by atoms with Gasteiger partial charge in [-0.25, -0.2) is 0 Å². The molecule has 0 spiro atoms. The zero-order chi connectivity index (χ0) is 17.4. The molecule has 1 aliphatic rings. The number of allylic oxidation sites excluding steroid dienone is 2. The molecule has 1 unspecified atom stereocenters. The summed E-state index contributed by atoms with van der Waals surface area (Å²) >= 11 is 0. The van der Waals surface area contributed by atoms with Crippen LogP contribution < -0.4 is 5.11 Å². The Bertz CT molecular complexity index is 507. The summed E-state index contributed by atoms with van der Waals surface area (Å²) in [7, 11) is 1.31. The molecule has 0 aliphatic carbocycles. The summed E-state index contributed by atoms with van der Waals surface area (Å²) in [5.41, 5.74) is 0. The van der Waals surface area contributed by atoms with E-state index in [1.54, 1.807) is 38.3 Å². The molecule has 2 N–H and O–H groups in total. The minimum atomic E-state index is -4.09. The molecule has 0 saturated heterocycles. The first-order chi connectivity index (χ1) is 9.89. The summed E-state index contributed by atoms with van der Waals surface area (Å²) < 4.78 is 29.8. The smallest absolute Gasteiger partial charge is 0.267 e. The van der Waals surface area contributed by atoms with Gasteiger partial charge in [0.2, 0.25) is 0 Å². The average molecular weight is 336 g/mol. The Morgan fingerprint density at radius 1 is 1.36 bits per heavy atom. The minimum absolute atomic E-state index is 0.0694. The second kappa shape index (κ2) is 8.89. The monoisotopic (exact) mass is 336 g/mol. The lowest BCUT2D eigenvalue weighted by atomic mass is 10.3. The third-order valence-electron chi connectivity index (χ3n) is 2.34. The van der Waals surface area contributed by atoms with Crippen molar-refractivity contribution in [1.29, 1.82) is 0 Å².